The zero-order valence-electron chi connectivity index (χ0n) is 13.2. The van der Waals surface area contributed by atoms with Gasteiger partial charge in [0.05, 0.1) is 18.2 Å². The molecule has 1 unspecified atom stereocenters. The lowest BCUT2D eigenvalue weighted by Gasteiger charge is -2.18. The lowest BCUT2D eigenvalue weighted by atomic mass is 9.92. The number of amidine groups is 1. The number of halogens is 4. The third kappa shape index (κ3) is 3.32. The number of nitrogens with one attached hydrogen (secondary N) is 1. The zero-order chi connectivity index (χ0) is 19.1. The summed E-state index contributed by atoms with van der Waals surface area (Å²) in [6.45, 7) is -1.53. The molecule has 0 aliphatic carbocycles. The van der Waals surface area contributed by atoms with Crippen LogP contribution in [0.25, 0.3) is 5.57 Å². The summed E-state index contributed by atoms with van der Waals surface area (Å²) in [5, 5.41) is 7.15. The van der Waals surface area contributed by atoms with E-state index in [9.17, 15) is 22.4 Å². The summed E-state index contributed by atoms with van der Waals surface area (Å²) in [7, 11) is 0. The number of carbonyl (C=O) groups excluding carboxylic acids is 1. The van der Waals surface area contributed by atoms with Gasteiger partial charge in [0.1, 0.15) is 24.4 Å². The molecule has 0 bridgehead atoms. The van der Waals surface area contributed by atoms with Crippen LogP contribution in [0.2, 0.25) is 0 Å². The summed E-state index contributed by atoms with van der Waals surface area (Å²) in [5.41, 5.74) is 12.0. The van der Waals surface area contributed by atoms with E-state index in [1.165, 1.54) is 17.1 Å². The number of amides is 1. The van der Waals surface area contributed by atoms with Crippen molar-refractivity contribution in [1.29, 1.82) is 0 Å². The smallest absolute Gasteiger partial charge is 0.396 e. The molecule has 1 atom stereocenters. The van der Waals surface area contributed by atoms with Crippen molar-refractivity contribution >= 4 is 29.3 Å². The van der Waals surface area contributed by atoms with E-state index in [4.69, 9.17) is 11.5 Å². The van der Waals surface area contributed by atoms with Crippen molar-refractivity contribution in [1.82, 2.24) is 10.3 Å². The number of aliphatic imine (C=N–C) groups is 1. The van der Waals surface area contributed by atoms with Gasteiger partial charge in [-0.1, -0.05) is 6.07 Å². The van der Waals surface area contributed by atoms with Gasteiger partial charge in [0.2, 0.25) is 5.91 Å². The number of alkyl halides is 3. The van der Waals surface area contributed by atoms with Crippen molar-refractivity contribution < 1.29 is 22.4 Å². The molecule has 0 saturated carbocycles. The molecule has 138 valence electrons. The third-order valence-electron chi connectivity index (χ3n) is 3.94. The van der Waals surface area contributed by atoms with E-state index in [2.05, 4.69) is 10.1 Å². The molecular formula is C15H14F4N6O. The van der Waals surface area contributed by atoms with Gasteiger partial charge in [-0.2, -0.15) is 18.3 Å². The maximum Gasteiger partial charge on any atom is 0.405 e. The number of fused-ring (bicyclic) bond motifs is 1. The number of carbonyl (C=O) groups is 1. The summed E-state index contributed by atoms with van der Waals surface area (Å²) in [5.74, 6) is -2.62. The van der Waals surface area contributed by atoms with Crippen molar-refractivity contribution in [3.8, 4) is 0 Å². The van der Waals surface area contributed by atoms with Crippen LogP contribution in [-0.2, 0) is 4.79 Å². The first-order valence-electron chi connectivity index (χ1n) is 7.45. The van der Waals surface area contributed by atoms with Gasteiger partial charge in [-0.3, -0.25) is 9.80 Å². The Balaban J connectivity index is 2.02. The van der Waals surface area contributed by atoms with Gasteiger partial charge in [-0.05, 0) is 17.7 Å². The molecule has 2 heterocycles. The van der Waals surface area contributed by atoms with Crippen molar-refractivity contribution in [3.63, 3.8) is 0 Å². The Labute approximate surface area is 145 Å². The molecule has 2 aliphatic rings. The fourth-order valence-corrected chi connectivity index (χ4v) is 2.80. The maximum absolute atomic E-state index is 13.9. The first-order valence-corrected chi connectivity index (χ1v) is 7.45. The minimum absolute atomic E-state index is 0.0263. The molecule has 2 aliphatic heterocycles. The number of nitrogen functional groups attached to an aromatic ring is 1. The van der Waals surface area contributed by atoms with E-state index in [0.717, 1.165) is 12.4 Å². The summed E-state index contributed by atoms with van der Waals surface area (Å²) in [6.07, 6.45) is -3.39. The first-order chi connectivity index (χ1) is 12.2. The molecule has 1 aromatic rings. The number of hydrogen-bond donors (Lipinski definition) is 3. The number of hydrazone groups is 1. The summed E-state index contributed by atoms with van der Waals surface area (Å²) >= 11 is 0. The number of anilines is 1. The SMILES string of the molecule is NC1=NC=NN2CC(C(=O)NCC(F)(F)F)C(c3ccc(N)c(F)c3)=C12. The van der Waals surface area contributed by atoms with Crippen LogP contribution in [0.1, 0.15) is 5.56 Å². The fourth-order valence-electron chi connectivity index (χ4n) is 2.80. The summed E-state index contributed by atoms with van der Waals surface area (Å²) in [6, 6.07) is 3.85. The molecule has 0 spiro atoms. The second-order valence-corrected chi connectivity index (χ2v) is 5.71. The Kier molecular flexibility index (Phi) is 4.30. The molecule has 1 aromatic carbocycles. The van der Waals surface area contributed by atoms with Gasteiger partial charge in [-0.15, -0.1) is 0 Å². The standard InChI is InChI=1S/C15H14F4N6O/c16-9-3-7(1-2-10(9)20)11-8(14(26)22-5-15(17,18)19)4-25-12(11)13(21)23-6-24-25/h1-3,6,8H,4-5,20H2,(H,22,26)(H2,21,23,24). The van der Waals surface area contributed by atoms with E-state index in [1.807, 2.05) is 5.32 Å². The highest BCUT2D eigenvalue weighted by molar-refractivity contribution is 6.11. The highest BCUT2D eigenvalue weighted by Crippen LogP contribution is 2.38. The highest BCUT2D eigenvalue weighted by Gasteiger charge is 2.40. The van der Waals surface area contributed by atoms with Crippen molar-refractivity contribution in [2.45, 2.75) is 6.18 Å². The molecule has 0 fully saturated rings. The monoisotopic (exact) mass is 370 g/mol. The normalized spacial score (nSPS) is 19.5. The van der Waals surface area contributed by atoms with Gasteiger partial charge in [0, 0.05) is 5.57 Å². The summed E-state index contributed by atoms with van der Waals surface area (Å²) < 4.78 is 51.1. The molecule has 11 heteroatoms. The molecule has 7 nitrogen and oxygen atoms in total. The lowest BCUT2D eigenvalue weighted by Crippen LogP contribution is -2.39. The van der Waals surface area contributed by atoms with Crippen LogP contribution in [-0.4, -0.2) is 42.4 Å². The summed E-state index contributed by atoms with van der Waals surface area (Å²) in [4.78, 5) is 16.2. The van der Waals surface area contributed by atoms with Crippen molar-refractivity contribution in [2.24, 2.45) is 21.7 Å². The van der Waals surface area contributed by atoms with Gasteiger partial charge >= 0.3 is 6.18 Å². The Morgan fingerprint density at radius 2 is 2.08 bits per heavy atom. The largest absolute Gasteiger partial charge is 0.405 e. The average Bonchev–Trinajstić information content (AvgIpc) is 2.95. The van der Waals surface area contributed by atoms with Crippen LogP contribution in [0.5, 0.6) is 0 Å². The van der Waals surface area contributed by atoms with E-state index in [-0.39, 0.29) is 34.9 Å². The topological polar surface area (TPSA) is 109 Å². The Hall–Kier alpha value is -3.11. The van der Waals surface area contributed by atoms with Crippen molar-refractivity contribution in [3.05, 3.63) is 35.3 Å². The number of hydrogen-bond acceptors (Lipinski definition) is 6. The quantitative estimate of drug-likeness (QED) is 0.546. The van der Waals surface area contributed by atoms with Gasteiger partial charge in [0.15, 0.2) is 5.84 Å². The van der Waals surface area contributed by atoms with Crippen LogP contribution in [0, 0.1) is 11.7 Å². The van der Waals surface area contributed by atoms with Crippen molar-refractivity contribution in [2.75, 3.05) is 18.8 Å². The minimum atomic E-state index is -4.55. The molecule has 0 saturated heterocycles. The number of nitrogens with zero attached hydrogens (tertiary/aromatic N) is 3. The zero-order valence-corrected chi connectivity index (χ0v) is 13.2. The van der Waals surface area contributed by atoms with Crippen LogP contribution in [0.15, 0.2) is 34.0 Å². The Morgan fingerprint density at radius 1 is 1.35 bits per heavy atom. The van der Waals surface area contributed by atoms with Crippen LogP contribution in [0.4, 0.5) is 23.2 Å². The maximum atomic E-state index is 13.9. The van der Waals surface area contributed by atoms with Crippen LogP contribution in [0.3, 0.4) is 0 Å². The number of nitrogens with two attached hydrogens (primary N) is 2. The number of rotatable bonds is 3. The van der Waals surface area contributed by atoms with Gasteiger partial charge < -0.3 is 16.8 Å². The number of benzene rings is 1. The predicted molar refractivity (Wildman–Crippen MR) is 87.1 cm³/mol. The second-order valence-electron chi connectivity index (χ2n) is 5.71. The molecular weight excluding hydrogens is 356 g/mol. The van der Waals surface area contributed by atoms with E-state index in [0.29, 0.717) is 0 Å². The molecule has 3 rings (SSSR count). The van der Waals surface area contributed by atoms with Gasteiger partial charge in [-0.25, -0.2) is 9.38 Å². The predicted octanol–water partition coefficient (Wildman–Crippen LogP) is 1.04. The minimum Gasteiger partial charge on any atom is -0.396 e. The van der Waals surface area contributed by atoms with Crippen LogP contribution < -0.4 is 16.8 Å². The molecule has 0 radical (unpaired) electrons. The average molecular weight is 370 g/mol. The Bertz CT molecular complexity index is 845. The molecule has 5 N–H and O–H groups in total. The van der Waals surface area contributed by atoms with E-state index >= 15 is 0 Å². The second kappa shape index (κ2) is 6.32. The van der Waals surface area contributed by atoms with Gasteiger partial charge in [0.25, 0.3) is 0 Å². The van der Waals surface area contributed by atoms with E-state index < -0.39 is 30.4 Å². The third-order valence-corrected chi connectivity index (χ3v) is 3.94. The lowest BCUT2D eigenvalue weighted by molar-refractivity contribution is -0.139. The fraction of sp³-hybridized carbons (Fsp3) is 0.267. The highest BCUT2D eigenvalue weighted by atomic mass is 19.4. The molecule has 1 amide bonds. The molecule has 0 aromatic heterocycles. The molecule has 26 heavy (non-hydrogen) atoms. The van der Waals surface area contributed by atoms with Crippen LogP contribution >= 0.6 is 0 Å². The van der Waals surface area contributed by atoms with E-state index in [1.54, 1.807) is 0 Å². The first kappa shape index (κ1) is 17.7. The Morgan fingerprint density at radius 3 is 2.73 bits per heavy atom.